The van der Waals surface area contributed by atoms with Gasteiger partial charge in [-0.25, -0.2) is 0 Å². The summed E-state index contributed by atoms with van der Waals surface area (Å²) >= 11 is 1.96. The summed E-state index contributed by atoms with van der Waals surface area (Å²) in [6.45, 7) is 23.5. The van der Waals surface area contributed by atoms with Crippen LogP contribution in [0.3, 0.4) is 0 Å². The Bertz CT molecular complexity index is 3620. The van der Waals surface area contributed by atoms with Gasteiger partial charge in [-0.2, -0.15) is 0 Å². The summed E-state index contributed by atoms with van der Waals surface area (Å²) in [5, 5.41) is 2.31. The van der Waals surface area contributed by atoms with Gasteiger partial charge in [0.15, 0.2) is 0 Å². The minimum Gasteiger partial charge on any atom is -0.456 e. The number of hydrogen-bond donors (Lipinski definition) is 0. The average Bonchev–Trinajstić information content (AvgIpc) is 3.69. The minimum atomic E-state index is -0.0536. The van der Waals surface area contributed by atoms with Crippen LogP contribution < -0.4 is 42.6 Å². The fourth-order valence-electron chi connectivity index (χ4n) is 11.9. The normalized spacial score (nSPS) is 14.5. The van der Waals surface area contributed by atoms with E-state index in [0.29, 0.717) is 0 Å². The molecular formula is C61H54B2N2OS. The molecule has 0 N–H and O–H groups in total. The van der Waals surface area contributed by atoms with Gasteiger partial charge in [0.25, 0.3) is 6.71 Å². The molecule has 9 aromatic rings. The monoisotopic (exact) mass is 884 g/mol. The average molecular weight is 885 g/mol. The summed E-state index contributed by atoms with van der Waals surface area (Å²) < 4.78 is 6.77. The maximum Gasteiger partial charge on any atom is 0.252 e. The topological polar surface area (TPSA) is 19.6 Å². The lowest BCUT2D eigenvalue weighted by Gasteiger charge is -2.51. The second kappa shape index (κ2) is 13.9. The fraction of sp³-hybridized carbons (Fsp3) is 0.213. The third-order valence-corrected chi connectivity index (χ3v) is 16.5. The van der Waals surface area contributed by atoms with Crippen LogP contribution in [-0.2, 0) is 16.2 Å². The van der Waals surface area contributed by atoms with Crippen LogP contribution in [0.1, 0.15) is 84.6 Å². The van der Waals surface area contributed by atoms with E-state index >= 15 is 0 Å². The lowest BCUT2D eigenvalue weighted by molar-refractivity contribution is 0.590. The summed E-state index contributed by atoms with van der Waals surface area (Å²) in [6, 6.07) is 55.9. The molecule has 1 aromatic heterocycles. The Balaban J connectivity index is 1.29. The number of furan rings is 1. The van der Waals surface area contributed by atoms with Crippen molar-refractivity contribution in [3.8, 4) is 11.1 Å². The first-order valence-corrected chi connectivity index (χ1v) is 24.9. The van der Waals surface area contributed by atoms with E-state index in [-0.39, 0.29) is 29.7 Å². The van der Waals surface area contributed by atoms with Crippen molar-refractivity contribution in [3.63, 3.8) is 0 Å². The molecule has 0 amide bonds. The highest BCUT2D eigenvalue weighted by atomic mass is 32.2. The lowest BCUT2D eigenvalue weighted by atomic mass is 9.29. The molecule has 4 aliphatic heterocycles. The first-order valence-electron chi connectivity index (χ1n) is 24.1. The summed E-state index contributed by atoms with van der Waals surface area (Å²) in [5.74, 6) is 0. The molecule has 5 heterocycles. The zero-order valence-electron chi connectivity index (χ0n) is 40.2. The van der Waals surface area contributed by atoms with Crippen molar-refractivity contribution in [3.05, 3.63) is 168 Å². The molecule has 0 radical (unpaired) electrons. The predicted molar refractivity (Wildman–Crippen MR) is 289 cm³/mol. The van der Waals surface area contributed by atoms with Gasteiger partial charge in [0, 0.05) is 54.6 Å². The molecule has 0 atom stereocenters. The van der Waals surface area contributed by atoms with Crippen LogP contribution in [0.5, 0.6) is 0 Å². The van der Waals surface area contributed by atoms with E-state index in [0.717, 1.165) is 16.6 Å². The smallest absolute Gasteiger partial charge is 0.252 e. The highest BCUT2D eigenvalue weighted by Gasteiger charge is 2.53. The van der Waals surface area contributed by atoms with Gasteiger partial charge in [-0.15, -0.1) is 0 Å². The van der Waals surface area contributed by atoms with Gasteiger partial charge in [-0.3, -0.25) is 0 Å². The maximum atomic E-state index is 6.77. The van der Waals surface area contributed by atoms with E-state index in [1.165, 1.54) is 115 Å². The molecular weight excluding hydrogens is 830 g/mol. The number of aryl methyl sites for hydroxylation is 1. The highest BCUT2D eigenvalue weighted by Crippen LogP contribution is 2.55. The van der Waals surface area contributed by atoms with E-state index < -0.39 is 0 Å². The molecule has 0 spiro atoms. The number of anilines is 6. The van der Waals surface area contributed by atoms with E-state index in [4.69, 9.17) is 4.42 Å². The van der Waals surface area contributed by atoms with Crippen molar-refractivity contribution in [2.45, 2.75) is 95.3 Å². The SMILES string of the molecule is Cc1ccccc1N1c2ccc(C(C)(C)C)cc2B2c3cc(C(C)(C)C)ccc3N3c4ccc(C(C)(C)C)cc4B4c5ccccc5Sc5c4c3c2c1c5-c1cccc2oc3ccccc3c12. The van der Waals surface area contributed by atoms with Crippen LogP contribution in [0.2, 0.25) is 0 Å². The van der Waals surface area contributed by atoms with Crippen LogP contribution in [-0.4, -0.2) is 13.4 Å². The zero-order chi connectivity index (χ0) is 46.1. The molecule has 6 heteroatoms. The standard InChI is InChI=1S/C61H54B2N2OS/c1-35-18-11-14-22-45(35)64-46-29-26-37(60(5,6)7)33-43(46)63-44-34-38(61(8,9)10)28-31-48(44)65-47-30-27-36(59(2,3)4)32-42(47)62-41-21-13-16-25-51(41)67-58-53(56(64)54(63)57(65)55(58)62)40-20-17-24-50-52(40)39-19-12-15-23-49(39)66-50/h11-34H,1-10H3. The Kier molecular flexibility index (Phi) is 8.46. The molecule has 13 rings (SSSR count). The molecule has 4 aliphatic rings. The van der Waals surface area contributed by atoms with Crippen molar-refractivity contribution in [2.24, 2.45) is 0 Å². The zero-order valence-corrected chi connectivity index (χ0v) is 41.0. The van der Waals surface area contributed by atoms with E-state index in [1.54, 1.807) is 0 Å². The first kappa shape index (κ1) is 40.9. The molecule has 0 fully saturated rings. The van der Waals surface area contributed by atoms with Crippen LogP contribution >= 0.6 is 11.8 Å². The van der Waals surface area contributed by atoms with Crippen molar-refractivity contribution in [1.29, 1.82) is 0 Å². The summed E-state index contributed by atoms with van der Waals surface area (Å²) in [7, 11) is 0. The van der Waals surface area contributed by atoms with Gasteiger partial charge >= 0.3 is 0 Å². The van der Waals surface area contributed by atoms with Gasteiger partial charge in [-0.1, -0.05) is 183 Å². The Hall–Kier alpha value is -6.36. The van der Waals surface area contributed by atoms with Gasteiger partial charge in [0.1, 0.15) is 11.2 Å². The van der Waals surface area contributed by atoms with Crippen LogP contribution in [0.25, 0.3) is 33.1 Å². The molecule has 8 aromatic carbocycles. The Morgan fingerprint density at radius 2 is 0.985 bits per heavy atom. The van der Waals surface area contributed by atoms with Crippen LogP contribution in [0.4, 0.5) is 34.1 Å². The second-order valence-corrected chi connectivity index (χ2v) is 23.6. The van der Waals surface area contributed by atoms with Crippen LogP contribution in [0, 0.1) is 6.92 Å². The fourth-order valence-corrected chi connectivity index (χ4v) is 13.2. The Labute approximate surface area is 400 Å². The molecule has 0 saturated carbocycles. The van der Waals surface area contributed by atoms with Gasteiger partial charge in [0.2, 0.25) is 6.71 Å². The number of fused-ring (bicyclic) bond motifs is 13. The number of nitrogens with zero attached hydrogens (tertiary/aromatic N) is 2. The maximum absolute atomic E-state index is 6.77. The van der Waals surface area contributed by atoms with Crippen molar-refractivity contribution < 1.29 is 4.42 Å². The number of para-hydroxylation sites is 2. The number of hydrogen-bond acceptors (Lipinski definition) is 4. The highest BCUT2D eigenvalue weighted by molar-refractivity contribution is 8.00. The van der Waals surface area contributed by atoms with E-state index in [2.05, 4.69) is 225 Å². The third kappa shape index (κ3) is 5.75. The molecule has 3 nitrogen and oxygen atoms in total. The molecule has 326 valence electrons. The summed E-state index contributed by atoms with van der Waals surface area (Å²) in [4.78, 5) is 8.01. The number of benzene rings is 8. The predicted octanol–water partition coefficient (Wildman–Crippen LogP) is 12.8. The van der Waals surface area contributed by atoms with Crippen LogP contribution in [0.15, 0.2) is 160 Å². The van der Waals surface area contributed by atoms with Gasteiger partial charge < -0.3 is 14.2 Å². The second-order valence-electron chi connectivity index (χ2n) is 22.5. The summed E-state index contributed by atoms with van der Waals surface area (Å²) in [6.07, 6.45) is 0. The van der Waals surface area contributed by atoms with E-state index in [9.17, 15) is 0 Å². The number of rotatable bonds is 2. The van der Waals surface area contributed by atoms with E-state index in [1.807, 2.05) is 11.8 Å². The quantitative estimate of drug-likeness (QED) is 0.161. The molecule has 67 heavy (non-hydrogen) atoms. The lowest BCUT2D eigenvalue weighted by Crippen LogP contribution is -2.68. The minimum absolute atomic E-state index is 0.0191. The van der Waals surface area contributed by atoms with Crippen molar-refractivity contribution in [1.82, 2.24) is 0 Å². The largest absolute Gasteiger partial charge is 0.456 e. The van der Waals surface area contributed by atoms with Gasteiger partial charge in [0.05, 0.1) is 5.69 Å². The Morgan fingerprint density at radius 3 is 1.60 bits per heavy atom. The first-order chi connectivity index (χ1) is 32.1. The van der Waals surface area contributed by atoms with Crippen molar-refractivity contribution in [2.75, 3.05) is 9.80 Å². The molecule has 0 unspecified atom stereocenters. The Morgan fingerprint density at radius 1 is 0.463 bits per heavy atom. The molecule has 0 aliphatic carbocycles. The molecule has 0 saturated heterocycles. The third-order valence-electron chi connectivity index (χ3n) is 15.3. The van der Waals surface area contributed by atoms with Crippen molar-refractivity contribution >= 4 is 114 Å². The molecule has 0 bridgehead atoms. The summed E-state index contributed by atoms with van der Waals surface area (Å²) in [5.41, 5.74) is 25.3. The van der Waals surface area contributed by atoms with Gasteiger partial charge in [-0.05, 0) is 121 Å².